The number of hydrogen-bond acceptors (Lipinski definition) is 3. The van der Waals surface area contributed by atoms with E-state index in [9.17, 15) is 19.5 Å². The van der Waals surface area contributed by atoms with E-state index in [4.69, 9.17) is 0 Å². The van der Waals surface area contributed by atoms with Crippen LogP contribution in [0.3, 0.4) is 0 Å². The van der Waals surface area contributed by atoms with Gasteiger partial charge >= 0.3 is 6.09 Å². The number of piperidine rings is 1. The number of imide groups is 1. The lowest BCUT2D eigenvalue weighted by molar-refractivity contribution is 0.0454. The van der Waals surface area contributed by atoms with Crippen LogP contribution in [0.1, 0.15) is 40.5 Å². The highest BCUT2D eigenvalue weighted by Crippen LogP contribution is 2.28. The molecule has 1 saturated heterocycles. The van der Waals surface area contributed by atoms with Crippen molar-refractivity contribution in [2.45, 2.75) is 25.8 Å². The lowest BCUT2D eigenvalue weighted by Crippen LogP contribution is -2.53. The Hall–Kier alpha value is -2.37. The molecular formula is C16H18N2O4. The molecule has 2 aliphatic heterocycles. The molecule has 0 bridgehead atoms. The predicted molar refractivity (Wildman–Crippen MR) is 78.7 cm³/mol. The minimum atomic E-state index is -0.992. The monoisotopic (exact) mass is 302 g/mol. The van der Waals surface area contributed by atoms with Gasteiger partial charge in [-0.1, -0.05) is 19.1 Å². The summed E-state index contributed by atoms with van der Waals surface area (Å²) < 4.78 is 0. The third kappa shape index (κ3) is 2.24. The van der Waals surface area contributed by atoms with Crippen LogP contribution in [0.5, 0.6) is 0 Å². The van der Waals surface area contributed by atoms with Crippen LogP contribution in [-0.2, 0) is 0 Å². The quantitative estimate of drug-likeness (QED) is 0.848. The fourth-order valence-electron chi connectivity index (χ4n) is 3.36. The molecule has 2 unspecified atom stereocenters. The number of nitrogens with zero attached hydrogens (tertiary/aromatic N) is 2. The summed E-state index contributed by atoms with van der Waals surface area (Å²) >= 11 is 0. The summed E-state index contributed by atoms with van der Waals surface area (Å²) in [5, 5.41) is 9.34. The first-order valence-electron chi connectivity index (χ1n) is 7.45. The lowest BCUT2D eigenvalue weighted by atomic mass is 9.90. The second kappa shape index (κ2) is 5.44. The average molecular weight is 302 g/mol. The summed E-state index contributed by atoms with van der Waals surface area (Å²) in [5.41, 5.74) is 0.802. The van der Waals surface area contributed by atoms with Crippen LogP contribution >= 0.6 is 0 Å². The molecular weight excluding hydrogens is 284 g/mol. The van der Waals surface area contributed by atoms with Crippen molar-refractivity contribution >= 4 is 17.9 Å². The van der Waals surface area contributed by atoms with E-state index in [0.29, 0.717) is 17.7 Å². The SMILES string of the molecule is CC1CCCN(C(=O)O)C1CN1C(=O)c2ccccc2C1=O. The minimum Gasteiger partial charge on any atom is -0.465 e. The van der Waals surface area contributed by atoms with Gasteiger partial charge in [0.15, 0.2) is 0 Å². The van der Waals surface area contributed by atoms with Gasteiger partial charge in [-0.25, -0.2) is 4.79 Å². The van der Waals surface area contributed by atoms with Crippen LogP contribution in [0.25, 0.3) is 0 Å². The van der Waals surface area contributed by atoms with E-state index in [2.05, 4.69) is 0 Å². The van der Waals surface area contributed by atoms with Gasteiger partial charge in [0.1, 0.15) is 0 Å². The molecule has 1 N–H and O–H groups in total. The second-order valence-electron chi connectivity index (χ2n) is 5.93. The highest BCUT2D eigenvalue weighted by atomic mass is 16.4. The highest BCUT2D eigenvalue weighted by Gasteiger charge is 2.40. The van der Waals surface area contributed by atoms with Gasteiger partial charge in [0.25, 0.3) is 11.8 Å². The molecule has 0 aliphatic carbocycles. The number of rotatable bonds is 2. The largest absolute Gasteiger partial charge is 0.465 e. The van der Waals surface area contributed by atoms with Gasteiger partial charge in [-0.3, -0.25) is 14.5 Å². The Kier molecular flexibility index (Phi) is 3.60. The Balaban J connectivity index is 1.85. The summed E-state index contributed by atoms with van der Waals surface area (Å²) in [5.74, 6) is -0.540. The molecule has 0 saturated carbocycles. The number of amides is 3. The van der Waals surface area contributed by atoms with Gasteiger partial charge < -0.3 is 10.0 Å². The van der Waals surface area contributed by atoms with Crippen molar-refractivity contribution in [1.29, 1.82) is 0 Å². The number of carbonyl (C=O) groups excluding carboxylic acids is 2. The van der Waals surface area contributed by atoms with Gasteiger partial charge in [0.2, 0.25) is 0 Å². The maximum Gasteiger partial charge on any atom is 0.407 e. The highest BCUT2D eigenvalue weighted by molar-refractivity contribution is 6.21. The van der Waals surface area contributed by atoms with Gasteiger partial charge in [0, 0.05) is 6.54 Å². The van der Waals surface area contributed by atoms with Gasteiger partial charge in [-0.2, -0.15) is 0 Å². The Morgan fingerprint density at radius 2 is 1.82 bits per heavy atom. The molecule has 6 nitrogen and oxygen atoms in total. The normalized spacial score (nSPS) is 24.6. The van der Waals surface area contributed by atoms with Crippen LogP contribution in [0.4, 0.5) is 4.79 Å². The predicted octanol–water partition coefficient (Wildman–Crippen LogP) is 2.06. The molecule has 1 aromatic carbocycles. The molecule has 2 atom stereocenters. The maximum absolute atomic E-state index is 12.4. The minimum absolute atomic E-state index is 0.120. The summed E-state index contributed by atoms with van der Waals surface area (Å²) in [6.07, 6.45) is 0.720. The molecule has 2 heterocycles. The summed E-state index contributed by atoms with van der Waals surface area (Å²) in [4.78, 5) is 38.8. The molecule has 1 fully saturated rings. The van der Waals surface area contributed by atoms with Crippen molar-refractivity contribution in [3.63, 3.8) is 0 Å². The van der Waals surface area contributed by atoms with Crippen LogP contribution in [0.15, 0.2) is 24.3 Å². The van der Waals surface area contributed by atoms with E-state index in [1.807, 2.05) is 6.92 Å². The van der Waals surface area contributed by atoms with Gasteiger partial charge in [0.05, 0.1) is 23.7 Å². The van der Waals surface area contributed by atoms with Crippen molar-refractivity contribution in [3.05, 3.63) is 35.4 Å². The Bertz CT molecular complexity index is 608. The third-order valence-corrected chi connectivity index (χ3v) is 4.61. The number of carbonyl (C=O) groups is 3. The standard InChI is InChI=1S/C16H18N2O4/c1-10-5-4-8-17(16(21)22)13(10)9-18-14(19)11-6-2-3-7-12(11)15(18)20/h2-3,6-7,10,13H,4-5,8-9H2,1H3,(H,21,22). The molecule has 3 amide bonds. The van der Waals surface area contributed by atoms with Crippen molar-refractivity contribution in [2.75, 3.05) is 13.1 Å². The van der Waals surface area contributed by atoms with Crippen LogP contribution in [0, 0.1) is 5.92 Å². The fourth-order valence-corrected chi connectivity index (χ4v) is 3.36. The van der Waals surface area contributed by atoms with E-state index in [-0.39, 0.29) is 30.3 Å². The molecule has 2 aliphatic rings. The Morgan fingerprint density at radius 1 is 1.23 bits per heavy atom. The molecule has 6 heteroatoms. The van der Waals surface area contributed by atoms with Crippen LogP contribution in [-0.4, -0.2) is 51.9 Å². The van der Waals surface area contributed by atoms with Crippen molar-refractivity contribution in [3.8, 4) is 0 Å². The van der Waals surface area contributed by atoms with Crippen molar-refractivity contribution < 1.29 is 19.5 Å². The first-order chi connectivity index (χ1) is 10.5. The van der Waals surface area contributed by atoms with Crippen molar-refractivity contribution in [1.82, 2.24) is 9.80 Å². The van der Waals surface area contributed by atoms with E-state index >= 15 is 0 Å². The molecule has 22 heavy (non-hydrogen) atoms. The van der Waals surface area contributed by atoms with Crippen LogP contribution in [0.2, 0.25) is 0 Å². The van der Waals surface area contributed by atoms with Crippen LogP contribution < -0.4 is 0 Å². The summed E-state index contributed by atoms with van der Waals surface area (Å²) in [6, 6.07) is 6.37. The van der Waals surface area contributed by atoms with E-state index in [1.54, 1.807) is 24.3 Å². The lowest BCUT2D eigenvalue weighted by Gasteiger charge is -2.39. The summed E-state index contributed by atoms with van der Waals surface area (Å²) in [6.45, 7) is 2.55. The van der Waals surface area contributed by atoms with E-state index in [0.717, 1.165) is 12.8 Å². The van der Waals surface area contributed by atoms with Gasteiger partial charge in [-0.15, -0.1) is 0 Å². The summed E-state index contributed by atoms with van der Waals surface area (Å²) in [7, 11) is 0. The number of hydrogen-bond donors (Lipinski definition) is 1. The smallest absolute Gasteiger partial charge is 0.407 e. The number of benzene rings is 1. The first kappa shape index (κ1) is 14.6. The third-order valence-electron chi connectivity index (χ3n) is 4.61. The topological polar surface area (TPSA) is 77.9 Å². The van der Waals surface area contributed by atoms with E-state index < -0.39 is 6.09 Å². The van der Waals surface area contributed by atoms with Crippen molar-refractivity contribution in [2.24, 2.45) is 5.92 Å². The molecule has 1 aromatic rings. The zero-order chi connectivity index (χ0) is 15.9. The number of likely N-dealkylation sites (tertiary alicyclic amines) is 1. The fraction of sp³-hybridized carbons (Fsp3) is 0.438. The molecule has 0 aromatic heterocycles. The number of fused-ring (bicyclic) bond motifs is 1. The first-order valence-corrected chi connectivity index (χ1v) is 7.45. The molecule has 3 rings (SSSR count). The zero-order valence-corrected chi connectivity index (χ0v) is 12.4. The maximum atomic E-state index is 12.4. The Morgan fingerprint density at radius 3 is 2.36 bits per heavy atom. The zero-order valence-electron chi connectivity index (χ0n) is 12.4. The van der Waals surface area contributed by atoms with E-state index in [1.165, 1.54) is 9.80 Å². The number of carboxylic acid groups (broad SMARTS) is 1. The average Bonchev–Trinajstić information content (AvgIpc) is 2.74. The molecule has 0 spiro atoms. The Labute approximate surface area is 128 Å². The second-order valence-corrected chi connectivity index (χ2v) is 5.93. The molecule has 0 radical (unpaired) electrons. The van der Waals surface area contributed by atoms with Gasteiger partial charge in [-0.05, 0) is 30.9 Å². The molecule has 116 valence electrons.